The van der Waals surface area contributed by atoms with Crippen LogP contribution in [0.5, 0.6) is 0 Å². The van der Waals surface area contributed by atoms with Crippen LogP contribution < -0.4 is 5.73 Å². The largest absolute Gasteiger partial charge is 0.399 e. The first-order valence-electron chi connectivity index (χ1n) is 7.47. The Bertz CT molecular complexity index is 571. The van der Waals surface area contributed by atoms with E-state index in [1.165, 1.54) is 5.52 Å². The van der Waals surface area contributed by atoms with Gasteiger partial charge in [0.2, 0.25) is 0 Å². The van der Waals surface area contributed by atoms with Gasteiger partial charge in [0.15, 0.2) is 0 Å². The van der Waals surface area contributed by atoms with E-state index >= 15 is 0 Å². The van der Waals surface area contributed by atoms with Crippen molar-refractivity contribution in [2.75, 3.05) is 19.3 Å². The van der Waals surface area contributed by atoms with E-state index in [0.717, 1.165) is 43.0 Å². The number of imidazole rings is 1. The molecule has 1 heterocycles. The van der Waals surface area contributed by atoms with E-state index < -0.39 is 0 Å². The van der Waals surface area contributed by atoms with Crippen molar-refractivity contribution in [3.8, 4) is 0 Å². The van der Waals surface area contributed by atoms with Crippen LogP contribution in [0.4, 0.5) is 5.69 Å². The minimum absolute atomic E-state index is 0.597. The molecule has 110 valence electrons. The second kappa shape index (κ2) is 6.27. The first-order chi connectivity index (χ1) is 9.52. The summed E-state index contributed by atoms with van der Waals surface area (Å²) < 4.78 is 2.34. The molecule has 0 radical (unpaired) electrons. The molecule has 0 unspecified atom stereocenters. The maximum Gasteiger partial charge on any atom is 0.109 e. The van der Waals surface area contributed by atoms with E-state index in [-0.39, 0.29) is 0 Å². The van der Waals surface area contributed by atoms with E-state index in [4.69, 9.17) is 10.7 Å². The van der Waals surface area contributed by atoms with Gasteiger partial charge in [0, 0.05) is 24.7 Å². The molecule has 1 aromatic carbocycles. The Kier molecular flexibility index (Phi) is 4.65. The number of hydrogen-bond donors (Lipinski definition) is 1. The molecule has 0 bridgehead atoms. The number of nitrogens with zero attached hydrogens (tertiary/aromatic N) is 3. The maximum atomic E-state index is 5.84. The molecule has 4 nitrogen and oxygen atoms in total. The third kappa shape index (κ3) is 3.12. The van der Waals surface area contributed by atoms with E-state index in [1.807, 2.05) is 12.1 Å². The van der Waals surface area contributed by atoms with E-state index in [9.17, 15) is 0 Å². The standard InChI is InChI=1S/C16H26N4/c1-5-16-18-14-11-13(17)7-8-15(14)20(16)10-6-9-19(4)12(2)3/h7-8,11-12H,5-6,9-10,17H2,1-4H3. The van der Waals surface area contributed by atoms with Gasteiger partial charge in [-0.15, -0.1) is 0 Å². The number of hydrogen-bond acceptors (Lipinski definition) is 3. The van der Waals surface area contributed by atoms with Crippen molar-refractivity contribution >= 4 is 16.7 Å². The number of benzene rings is 1. The number of aromatic nitrogens is 2. The highest BCUT2D eigenvalue weighted by Crippen LogP contribution is 2.20. The highest BCUT2D eigenvalue weighted by molar-refractivity contribution is 5.79. The summed E-state index contributed by atoms with van der Waals surface area (Å²) in [5.74, 6) is 1.15. The van der Waals surface area contributed by atoms with Gasteiger partial charge in [-0.3, -0.25) is 0 Å². The summed E-state index contributed by atoms with van der Waals surface area (Å²) in [6.45, 7) is 8.73. The highest BCUT2D eigenvalue weighted by atomic mass is 15.1. The Labute approximate surface area is 121 Å². The molecule has 20 heavy (non-hydrogen) atoms. The van der Waals surface area contributed by atoms with Crippen LogP contribution in [0, 0.1) is 0 Å². The molecule has 2 aromatic rings. The van der Waals surface area contributed by atoms with Crippen molar-refractivity contribution in [3.63, 3.8) is 0 Å². The average Bonchev–Trinajstić information content (AvgIpc) is 2.75. The summed E-state index contributed by atoms with van der Waals surface area (Å²) in [5, 5.41) is 0. The number of nitrogens with two attached hydrogens (primary N) is 1. The zero-order valence-electron chi connectivity index (χ0n) is 13.1. The Hall–Kier alpha value is -1.55. The molecule has 0 aliphatic rings. The summed E-state index contributed by atoms with van der Waals surface area (Å²) in [6, 6.07) is 6.61. The maximum absolute atomic E-state index is 5.84. The number of rotatable bonds is 6. The third-order valence-electron chi connectivity index (χ3n) is 3.94. The van der Waals surface area contributed by atoms with Crippen LogP contribution in [0.25, 0.3) is 11.0 Å². The smallest absolute Gasteiger partial charge is 0.109 e. The van der Waals surface area contributed by atoms with Gasteiger partial charge < -0.3 is 15.2 Å². The van der Waals surface area contributed by atoms with Gasteiger partial charge in [-0.05, 0) is 52.1 Å². The number of aryl methyl sites for hydroxylation is 2. The van der Waals surface area contributed by atoms with Gasteiger partial charge in [-0.25, -0.2) is 4.98 Å². The molecule has 0 aliphatic carbocycles. The second-order valence-electron chi connectivity index (χ2n) is 5.71. The average molecular weight is 274 g/mol. The predicted molar refractivity (Wildman–Crippen MR) is 85.9 cm³/mol. The Morgan fingerprint density at radius 1 is 1.35 bits per heavy atom. The van der Waals surface area contributed by atoms with E-state index in [1.54, 1.807) is 0 Å². The first-order valence-corrected chi connectivity index (χ1v) is 7.47. The fourth-order valence-corrected chi connectivity index (χ4v) is 2.45. The zero-order chi connectivity index (χ0) is 14.7. The Morgan fingerprint density at radius 3 is 2.75 bits per heavy atom. The summed E-state index contributed by atoms with van der Waals surface area (Å²) in [4.78, 5) is 7.07. The second-order valence-corrected chi connectivity index (χ2v) is 5.71. The lowest BCUT2D eigenvalue weighted by Crippen LogP contribution is -2.28. The van der Waals surface area contributed by atoms with Crippen LogP contribution in [0.3, 0.4) is 0 Å². The van der Waals surface area contributed by atoms with Gasteiger partial charge in [0.1, 0.15) is 5.82 Å². The molecular formula is C16H26N4. The lowest BCUT2D eigenvalue weighted by atomic mass is 10.2. The lowest BCUT2D eigenvalue weighted by molar-refractivity contribution is 0.265. The third-order valence-corrected chi connectivity index (χ3v) is 3.94. The Morgan fingerprint density at radius 2 is 2.10 bits per heavy atom. The number of anilines is 1. The number of nitrogen functional groups attached to an aromatic ring is 1. The first kappa shape index (κ1) is 14.9. The highest BCUT2D eigenvalue weighted by Gasteiger charge is 2.10. The van der Waals surface area contributed by atoms with Crippen LogP contribution >= 0.6 is 0 Å². The van der Waals surface area contributed by atoms with Crippen LogP contribution in [0.15, 0.2) is 18.2 Å². The van der Waals surface area contributed by atoms with Crippen LogP contribution in [-0.2, 0) is 13.0 Å². The van der Waals surface area contributed by atoms with Crippen molar-refractivity contribution in [1.29, 1.82) is 0 Å². The van der Waals surface area contributed by atoms with E-state index in [2.05, 4.69) is 43.4 Å². The molecule has 0 aliphatic heterocycles. The van der Waals surface area contributed by atoms with Crippen molar-refractivity contribution < 1.29 is 0 Å². The quantitative estimate of drug-likeness (QED) is 0.824. The summed E-state index contributed by atoms with van der Waals surface area (Å²) >= 11 is 0. The molecule has 0 saturated heterocycles. The topological polar surface area (TPSA) is 47.1 Å². The normalized spacial score (nSPS) is 11.9. The van der Waals surface area contributed by atoms with Crippen molar-refractivity contribution in [2.45, 2.75) is 46.2 Å². The van der Waals surface area contributed by atoms with Gasteiger partial charge in [-0.2, -0.15) is 0 Å². The fraction of sp³-hybridized carbons (Fsp3) is 0.562. The molecule has 4 heteroatoms. The fourth-order valence-electron chi connectivity index (χ4n) is 2.45. The minimum atomic E-state index is 0.597. The van der Waals surface area contributed by atoms with Crippen molar-refractivity contribution in [3.05, 3.63) is 24.0 Å². The lowest BCUT2D eigenvalue weighted by Gasteiger charge is -2.21. The summed E-state index contributed by atoms with van der Waals surface area (Å²) in [7, 11) is 2.18. The molecule has 0 atom stereocenters. The molecule has 0 fully saturated rings. The zero-order valence-corrected chi connectivity index (χ0v) is 13.1. The van der Waals surface area contributed by atoms with Gasteiger partial charge >= 0.3 is 0 Å². The Balaban J connectivity index is 2.16. The minimum Gasteiger partial charge on any atom is -0.399 e. The predicted octanol–water partition coefficient (Wildman–Crippen LogP) is 2.91. The molecule has 0 amide bonds. The van der Waals surface area contributed by atoms with Crippen molar-refractivity contribution in [2.24, 2.45) is 0 Å². The summed E-state index contributed by atoms with van der Waals surface area (Å²) in [5.41, 5.74) is 8.83. The van der Waals surface area contributed by atoms with Gasteiger partial charge in [-0.1, -0.05) is 6.92 Å². The van der Waals surface area contributed by atoms with Crippen LogP contribution in [-0.4, -0.2) is 34.1 Å². The summed E-state index contributed by atoms with van der Waals surface area (Å²) in [6.07, 6.45) is 2.09. The SMILES string of the molecule is CCc1nc2cc(N)ccc2n1CCCN(C)C(C)C. The molecule has 1 aromatic heterocycles. The monoisotopic (exact) mass is 274 g/mol. The van der Waals surface area contributed by atoms with E-state index in [0.29, 0.717) is 6.04 Å². The molecule has 2 rings (SSSR count). The van der Waals surface area contributed by atoms with Crippen molar-refractivity contribution in [1.82, 2.24) is 14.5 Å². The molecule has 0 saturated carbocycles. The molecule has 0 spiro atoms. The van der Waals surface area contributed by atoms with Crippen LogP contribution in [0.1, 0.15) is 33.0 Å². The molecule has 2 N–H and O–H groups in total. The number of fused-ring (bicyclic) bond motifs is 1. The van der Waals surface area contributed by atoms with Gasteiger partial charge in [0.05, 0.1) is 11.0 Å². The van der Waals surface area contributed by atoms with Gasteiger partial charge in [0.25, 0.3) is 0 Å². The van der Waals surface area contributed by atoms with Crippen LogP contribution in [0.2, 0.25) is 0 Å². The molecular weight excluding hydrogens is 248 g/mol.